The van der Waals surface area contributed by atoms with Gasteiger partial charge in [-0.2, -0.15) is 0 Å². The van der Waals surface area contributed by atoms with Crippen molar-refractivity contribution >= 4 is 11.6 Å². The van der Waals surface area contributed by atoms with Crippen LogP contribution in [-0.2, 0) is 0 Å². The first-order valence-corrected chi connectivity index (χ1v) is 6.54. The Morgan fingerprint density at radius 1 is 1.35 bits per heavy atom. The number of methoxy groups -OCH3 is 1. The molecule has 1 atom stereocenters. The summed E-state index contributed by atoms with van der Waals surface area (Å²) in [5.41, 5.74) is 7.65. The van der Waals surface area contributed by atoms with Crippen molar-refractivity contribution in [2.45, 2.75) is 38.6 Å². The van der Waals surface area contributed by atoms with Gasteiger partial charge < -0.3 is 10.5 Å². The molecule has 1 aliphatic carbocycles. The fraction of sp³-hybridized carbons (Fsp3) is 0.571. The number of ether oxygens (including phenoxy) is 1. The second-order valence-corrected chi connectivity index (χ2v) is 5.66. The first-order chi connectivity index (χ1) is 8.07. The first kappa shape index (κ1) is 12.7. The summed E-state index contributed by atoms with van der Waals surface area (Å²) in [5, 5.41) is 0.720. The van der Waals surface area contributed by atoms with E-state index in [1.54, 1.807) is 7.11 Å². The Morgan fingerprint density at radius 3 is 2.59 bits per heavy atom. The normalized spacial score (nSPS) is 20.2. The van der Waals surface area contributed by atoms with Crippen molar-refractivity contribution < 1.29 is 4.74 Å². The van der Waals surface area contributed by atoms with Crippen molar-refractivity contribution in [1.29, 1.82) is 0 Å². The Labute approximate surface area is 108 Å². The highest BCUT2D eigenvalue weighted by Gasteiger charge is 2.36. The Kier molecular flexibility index (Phi) is 3.64. The number of benzene rings is 1. The zero-order valence-corrected chi connectivity index (χ0v) is 11.3. The lowest BCUT2D eigenvalue weighted by atomic mass is 9.77. The van der Waals surface area contributed by atoms with E-state index >= 15 is 0 Å². The number of hydrogen-bond acceptors (Lipinski definition) is 2. The molecule has 0 aromatic heterocycles. The van der Waals surface area contributed by atoms with Crippen LogP contribution in [0.1, 0.15) is 44.2 Å². The van der Waals surface area contributed by atoms with Crippen LogP contribution < -0.4 is 10.5 Å². The SMILES string of the molecule is COc1ccc(Cl)cc1C(N)C1(C)CCCC1. The Morgan fingerprint density at radius 2 is 2.00 bits per heavy atom. The van der Waals surface area contributed by atoms with Crippen molar-refractivity contribution in [3.63, 3.8) is 0 Å². The molecule has 0 radical (unpaired) electrons. The molecule has 0 aliphatic heterocycles. The molecule has 2 rings (SSSR count). The standard InChI is InChI=1S/C14H20ClNO/c1-14(7-3-4-8-14)13(16)11-9-10(15)5-6-12(11)17-2/h5-6,9,13H,3-4,7-8,16H2,1-2H3. The summed E-state index contributed by atoms with van der Waals surface area (Å²) in [6, 6.07) is 5.68. The molecule has 0 saturated heterocycles. The number of halogens is 1. The Hall–Kier alpha value is -0.730. The van der Waals surface area contributed by atoms with Crippen molar-refractivity contribution in [2.24, 2.45) is 11.1 Å². The van der Waals surface area contributed by atoms with Crippen LogP contribution >= 0.6 is 11.6 Å². The molecule has 0 spiro atoms. The van der Waals surface area contributed by atoms with Gasteiger partial charge in [0.25, 0.3) is 0 Å². The van der Waals surface area contributed by atoms with Crippen molar-refractivity contribution in [2.75, 3.05) is 7.11 Å². The fourth-order valence-corrected chi connectivity index (χ4v) is 3.00. The zero-order valence-electron chi connectivity index (χ0n) is 10.5. The van der Waals surface area contributed by atoms with E-state index in [9.17, 15) is 0 Å². The second kappa shape index (κ2) is 4.87. The second-order valence-electron chi connectivity index (χ2n) is 5.23. The Bertz CT molecular complexity index is 399. The maximum absolute atomic E-state index is 6.44. The topological polar surface area (TPSA) is 35.2 Å². The molecule has 2 nitrogen and oxygen atoms in total. The largest absolute Gasteiger partial charge is 0.496 e. The van der Waals surface area contributed by atoms with Crippen LogP contribution in [-0.4, -0.2) is 7.11 Å². The minimum atomic E-state index is -0.00125. The van der Waals surface area contributed by atoms with Gasteiger partial charge >= 0.3 is 0 Å². The quantitative estimate of drug-likeness (QED) is 0.886. The first-order valence-electron chi connectivity index (χ1n) is 6.16. The van der Waals surface area contributed by atoms with Crippen LogP contribution in [0.4, 0.5) is 0 Å². The zero-order chi connectivity index (χ0) is 12.5. The average molecular weight is 254 g/mol. The third-order valence-corrected chi connectivity index (χ3v) is 4.26. The summed E-state index contributed by atoms with van der Waals surface area (Å²) in [6.07, 6.45) is 4.91. The van der Waals surface area contributed by atoms with Gasteiger partial charge in [0.05, 0.1) is 7.11 Å². The van der Waals surface area contributed by atoms with Gasteiger partial charge in [0.1, 0.15) is 5.75 Å². The molecule has 1 saturated carbocycles. The van der Waals surface area contributed by atoms with E-state index in [1.807, 2.05) is 18.2 Å². The molecular formula is C14H20ClNO. The molecule has 17 heavy (non-hydrogen) atoms. The van der Waals surface area contributed by atoms with E-state index in [2.05, 4.69) is 6.92 Å². The molecule has 1 fully saturated rings. The van der Waals surface area contributed by atoms with Gasteiger partial charge in [-0.25, -0.2) is 0 Å². The van der Waals surface area contributed by atoms with E-state index < -0.39 is 0 Å². The minimum absolute atomic E-state index is 0.00125. The van der Waals surface area contributed by atoms with Crippen LogP contribution in [0.2, 0.25) is 5.02 Å². The summed E-state index contributed by atoms with van der Waals surface area (Å²) < 4.78 is 5.39. The average Bonchev–Trinajstić information content (AvgIpc) is 2.76. The van der Waals surface area contributed by atoms with E-state index in [1.165, 1.54) is 25.7 Å². The van der Waals surface area contributed by atoms with Gasteiger partial charge in [0, 0.05) is 16.6 Å². The monoisotopic (exact) mass is 253 g/mol. The van der Waals surface area contributed by atoms with Crippen LogP contribution in [0, 0.1) is 5.41 Å². The number of rotatable bonds is 3. The predicted octanol–water partition coefficient (Wildman–Crippen LogP) is 3.93. The predicted molar refractivity (Wildman–Crippen MR) is 71.5 cm³/mol. The van der Waals surface area contributed by atoms with E-state index in [4.69, 9.17) is 22.1 Å². The van der Waals surface area contributed by atoms with E-state index in [0.717, 1.165) is 16.3 Å². The maximum Gasteiger partial charge on any atom is 0.123 e. The summed E-state index contributed by atoms with van der Waals surface area (Å²) in [4.78, 5) is 0. The van der Waals surface area contributed by atoms with E-state index in [-0.39, 0.29) is 11.5 Å². The minimum Gasteiger partial charge on any atom is -0.496 e. The maximum atomic E-state index is 6.44. The lowest BCUT2D eigenvalue weighted by Crippen LogP contribution is -2.29. The molecule has 0 heterocycles. The van der Waals surface area contributed by atoms with Gasteiger partial charge in [-0.3, -0.25) is 0 Å². The van der Waals surface area contributed by atoms with E-state index in [0.29, 0.717) is 0 Å². The molecule has 1 unspecified atom stereocenters. The van der Waals surface area contributed by atoms with Gasteiger partial charge in [-0.05, 0) is 36.5 Å². The van der Waals surface area contributed by atoms with Crippen LogP contribution in [0.25, 0.3) is 0 Å². The fourth-order valence-electron chi connectivity index (χ4n) is 2.82. The van der Waals surface area contributed by atoms with Gasteiger partial charge in [0.2, 0.25) is 0 Å². The van der Waals surface area contributed by atoms with Gasteiger partial charge in [0.15, 0.2) is 0 Å². The highest BCUT2D eigenvalue weighted by atomic mass is 35.5. The summed E-state index contributed by atoms with van der Waals surface area (Å²) in [7, 11) is 1.68. The summed E-state index contributed by atoms with van der Waals surface area (Å²) >= 11 is 6.06. The lowest BCUT2D eigenvalue weighted by Gasteiger charge is -2.32. The molecule has 1 aromatic carbocycles. The summed E-state index contributed by atoms with van der Waals surface area (Å²) in [6.45, 7) is 2.27. The van der Waals surface area contributed by atoms with Crippen LogP contribution in [0.5, 0.6) is 5.75 Å². The lowest BCUT2D eigenvalue weighted by molar-refractivity contribution is 0.259. The molecule has 1 aromatic rings. The third-order valence-electron chi connectivity index (χ3n) is 4.02. The van der Waals surface area contributed by atoms with Gasteiger partial charge in [-0.15, -0.1) is 0 Å². The number of hydrogen-bond donors (Lipinski definition) is 1. The third kappa shape index (κ3) is 2.43. The van der Waals surface area contributed by atoms with Crippen molar-refractivity contribution in [3.05, 3.63) is 28.8 Å². The smallest absolute Gasteiger partial charge is 0.123 e. The molecular weight excluding hydrogens is 234 g/mol. The highest BCUT2D eigenvalue weighted by Crippen LogP contribution is 2.47. The summed E-state index contributed by atoms with van der Waals surface area (Å²) in [5.74, 6) is 0.843. The molecule has 94 valence electrons. The molecule has 0 bridgehead atoms. The highest BCUT2D eigenvalue weighted by molar-refractivity contribution is 6.30. The van der Waals surface area contributed by atoms with Gasteiger partial charge in [-0.1, -0.05) is 31.4 Å². The number of nitrogens with two attached hydrogens (primary N) is 1. The molecule has 0 amide bonds. The molecule has 2 N–H and O–H groups in total. The molecule has 1 aliphatic rings. The van der Waals surface area contributed by atoms with Crippen LogP contribution in [0.3, 0.4) is 0 Å². The Balaban J connectivity index is 2.35. The van der Waals surface area contributed by atoms with Crippen molar-refractivity contribution in [3.8, 4) is 5.75 Å². The van der Waals surface area contributed by atoms with Crippen LogP contribution in [0.15, 0.2) is 18.2 Å². The van der Waals surface area contributed by atoms with Crippen molar-refractivity contribution in [1.82, 2.24) is 0 Å². The molecule has 3 heteroatoms.